The van der Waals surface area contributed by atoms with E-state index in [4.69, 9.17) is 4.74 Å². The number of hydrogen-bond donors (Lipinski definition) is 1. The Morgan fingerprint density at radius 1 is 1.67 bits per heavy atom. The van der Waals surface area contributed by atoms with Crippen LogP contribution in [-0.2, 0) is 16.6 Å². The minimum absolute atomic E-state index is 0.0207. The van der Waals surface area contributed by atoms with Gasteiger partial charge in [-0.15, -0.1) is 0 Å². The first-order valence-electron chi connectivity index (χ1n) is 4.57. The van der Waals surface area contributed by atoms with Crippen molar-refractivity contribution < 1.29 is 9.53 Å². The van der Waals surface area contributed by atoms with Crippen LogP contribution in [0.3, 0.4) is 0 Å². The van der Waals surface area contributed by atoms with Gasteiger partial charge in [0.15, 0.2) is 0 Å². The van der Waals surface area contributed by atoms with Crippen LogP contribution in [0.25, 0.3) is 0 Å². The molecular weight excluding hydrogens is 198 g/mol. The van der Waals surface area contributed by atoms with Gasteiger partial charge in [0, 0.05) is 13.2 Å². The van der Waals surface area contributed by atoms with E-state index in [0.717, 1.165) is 0 Å². The van der Waals surface area contributed by atoms with Crippen LogP contribution >= 0.6 is 0 Å². The molecule has 1 aromatic heterocycles. The van der Waals surface area contributed by atoms with E-state index in [0.29, 0.717) is 12.3 Å². The van der Waals surface area contributed by atoms with Crippen molar-refractivity contribution in [3.05, 3.63) is 22.6 Å². The molecule has 1 N–H and O–H groups in total. The van der Waals surface area contributed by atoms with Gasteiger partial charge in [-0.05, 0) is 13.0 Å². The van der Waals surface area contributed by atoms with Gasteiger partial charge in [-0.1, -0.05) is 0 Å². The van der Waals surface area contributed by atoms with Crippen molar-refractivity contribution in [2.75, 3.05) is 18.5 Å². The van der Waals surface area contributed by atoms with Gasteiger partial charge < -0.3 is 10.1 Å². The van der Waals surface area contributed by atoms with Gasteiger partial charge in [-0.25, -0.2) is 4.68 Å². The van der Waals surface area contributed by atoms with Crippen molar-refractivity contribution in [3.8, 4) is 0 Å². The minimum Gasteiger partial charge on any atom is -0.465 e. The summed E-state index contributed by atoms with van der Waals surface area (Å²) in [6.45, 7) is 2.03. The van der Waals surface area contributed by atoms with E-state index in [1.54, 1.807) is 6.92 Å². The lowest BCUT2D eigenvalue weighted by molar-refractivity contribution is -0.140. The SMILES string of the molecule is CCOC(=O)CNc1ccnn(C)c1=O. The Bertz CT molecular complexity index is 400. The van der Waals surface area contributed by atoms with E-state index in [1.807, 2.05) is 0 Å². The highest BCUT2D eigenvalue weighted by molar-refractivity contribution is 5.74. The first-order chi connectivity index (χ1) is 7.15. The largest absolute Gasteiger partial charge is 0.465 e. The molecule has 0 spiro atoms. The molecule has 0 atom stereocenters. The number of aromatic nitrogens is 2. The van der Waals surface area contributed by atoms with Crippen LogP contribution in [0, 0.1) is 0 Å². The number of esters is 1. The Balaban J connectivity index is 2.62. The van der Waals surface area contributed by atoms with Crippen LogP contribution in [-0.4, -0.2) is 28.9 Å². The molecule has 6 heteroatoms. The zero-order valence-electron chi connectivity index (χ0n) is 8.69. The fourth-order valence-electron chi connectivity index (χ4n) is 1.02. The summed E-state index contributed by atoms with van der Waals surface area (Å²) in [6, 6.07) is 1.52. The molecule has 0 aliphatic carbocycles. The highest BCUT2D eigenvalue weighted by atomic mass is 16.5. The van der Waals surface area contributed by atoms with Crippen LogP contribution in [0.15, 0.2) is 17.1 Å². The van der Waals surface area contributed by atoms with Crippen LogP contribution in [0.1, 0.15) is 6.92 Å². The number of rotatable bonds is 4. The standard InChI is InChI=1S/C9H13N3O3/c1-3-15-8(13)6-10-7-4-5-11-12(2)9(7)14/h4-5,10H,3,6H2,1-2H3. The summed E-state index contributed by atoms with van der Waals surface area (Å²) < 4.78 is 5.90. The summed E-state index contributed by atoms with van der Waals surface area (Å²) in [5.74, 6) is -0.392. The molecule has 0 bridgehead atoms. The van der Waals surface area contributed by atoms with Crippen molar-refractivity contribution in [3.63, 3.8) is 0 Å². The molecular formula is C9H13N3O3. The lowest BCUT2D eigenvalue weighted by atomic mass is 10.4. The molecule has 0 fully saturated rings. The van der Waals surface area contributed by atoms with Crippen molar-refractivity contribution in [1.82, 2.24) is 9.78 Å². The number of carbonyl (C=O) groups is 1. The normalized spacial score (nSPS) is 9.73. The third-order valence-corrected chi connectivity index (χ3v) is 1.73. The Labute approximate surface area is 86.9 Å². The Morgan fingerprint density at radius 2 is 2.40 bits per heavy atom. The molecule has 0 amide bonds. The molecule has 0 saturated heterocycles. The molecule has 1 aromatic rings. The summed E-state index contributed by atoms with van der Waals surface area (Å²) >= 11 is 0. The summed E-state index contributed by atoms with van der Waals surface area (Å²) in [7, 11) is 1.54. The molecule has 0 aliphatic heterocycles. The quantitative estimate of drug-likeness (QED) is 0.695. The van der Waals surface area contributed by atoms with Gasteiger partial charge in [0.2, 0.25) is 0 Å². The lowest BCUT2D eigenvalue weighted by Crippen LogP contribution is -2.25. The molecule has 0 aliphatic rings. The van der Waals surface area contributed by atoms with Crippen molar-refractivity contribution in [2.45, 2.75) is 6.92 Å². The van der Waals surface area contributed by atoms with E-state index in [9.17, 15) is 9.59 Å². The second kappa shape index (κ2) is 5.14. The molecule has 0 radical (unpaired) electrons. The molecule has 1 heterocycles. The predicted molar refractivity (Wildman–Crippen MR) is 54.6 cm³/mol. The lowest BCUT2D eigenvalue weighted by Gasteiger charge is -2.05. The van der Waals surface area contributed by atoms with Gasteiger partial charge in [-0.2, -0.15) is 5.10 Å². The average Bonchev–Trinajstić information content (AvgIpc) is 2.21. The van der Waals surface area contributed by atoms with Crippen molar-refractivity contribution in [2.24, 2.45) is 7.05 Å². The second-order valence-corrected chi connectivity index (χ2v) is 2.83. The van der Waals surface area contributed by atoms with Crippen LogP contribution in [0.2, 0.25) is 0 Å². The third-order valence-electron chi connectivity index (χ3n) is 1.73. The predicted octanol–water partition coefficient (Wildman–Crippen LogP) is -0.245. The molecule has 0 saturated carbocycles. The summed E-state index contributed by atoms with van der Waals surface area (Å²) in [5.41, 5.74) is 0.0577. The number of nitrogens with one attached hydrogen (secondary N) is 1. The summed E-state index contributed by atoms with van der Waals surface area (Å²) in [6.07, 6.45) is 1.48. The fraction of sp³-hybridized carbons (Fsp3) is 0.444. The van der Waals surface area contributed by atoms with Crippen LogP contribution in [0.4, 0.5) is 5.69 Å². The van der Waals surface area contributed by atoms with E-state index >= 15 is 0 Å². The van der Waals surface area contributed by atoms with Gasteiger partial charge in [-0.3, -0.25) is 9.59 Å². The van der Waals surface area contributed by atoms with Crippen molar-refractivity contribution in [1.29, 1.82) is 0 Å². The third kappa shape index (κ3) is 3.08. The van der Waals surface area contributed by atoms with E-state index in [2.05, 4.69) is 10.4 Å². The summed E-state index contributed by atoms with van der Waals surface area (Å²) in [5, 5.41) is 6.44. The van der Waals surface area contributed by atoms with E-state index in [1.165, 1.54) is 24.0 Å². The molecule has 82 valence electrons. The number of carbonyl (C=O) groups excluding carboxylic acids is 1. The molecule has 6 nitrogen and oxygen atoms in total. The molecule has 15 heavy (non-hydrogen) atoms. The molecule has 0 unspecified atom stereocenters. The summed E-state index contributed by atoms with van der Waals surface area (Å²) in [4.78, 5) is 22.4. The van der Waals surface area contributed by atoms with Gasteiger partial charge in [0.25, 0.3) is 5.56 Å². The zero-order chi connectivity index (χ0) is 11.3. The fourth-order valence-corrected chi connectivity index (χ4v) is 1.02. The number of hydrogen-bond acceptors (Lipinski definition) is 5. The van der Waals surface area contributed by atoms with Crippen molar-refractivity contribution >= 4 is 11.7 Å². The number of ether oxygens (including phenoxy) is 1. The Morgan fingerprint density at radius 3 is 3.07 bits per heavy atom. The maximum absolute atomic E-state index is 11.4. The maximum atomic E-state index is 11.4. The molecule has 1 rings (SSSR count). The van der Waals surface area contributed by atoms with Gasteiger partial charge in [0.1, 0.15) is 12.2 Å². The van der Waals surface area contributed by atoms with Gasteiger partial charge in [0.05, 0.1) is 6.61 Å². The first-order valence-corrected chi connectivity index (χ1v) is 4.57. The van der Waals surface area contributed by atoms with Crippen LogP contribution < -0.4 is 10.9 Å². The average molecular weight is 211 g/mol. The smallest absolute Gasteiger partial charge is 0.325 e. The van der Waals surface area contributed by atoms with E-state index in [-0.39, 0.29) is 12.1 Å². The maximum Gasteiger partial charge on any atom is 0.325 e. The first kappa shape index (κ1) is 11.2. The number of nitrogens with zero attached hydrogens (tertiary/aromatic N) is 2. The monoisotopic (exact) mass is 211 g/mol. The Hall–Kier alpha value is -1.85. The zero-order valence-corrected chi connectivity index (χ0v) is 8.69. The van der Waals surface area contributed by atoms with E-state index < -0.39 is 5.97 Å². The second-order valence-electron chi connectivity index (χ2n) is 2.83. The minimum atomic E-state index is -0.392. The highest BCUT2D eigenvalue weighted by Crippen LogP contribution is 1.94. The van der Waals surface area contributed by atoms with Gasteiger partial charge >= 0.3 is 5.97 Å². The number of aryl methyl sites for hydroxylation is 1. The van der Waals surface area contributed by atoms with Crippen LogP contribution in [0.5, 0.6) is 0 Å². The Kier molecular flexibility index (Phi) is 3.84. The molecule has 0 aromatic carbocycles. The highest BCUT2D eigenvalue weighted by Gasteiger charge is 2.04. The topological polar surface area (TPSA) is 73.2 Å². The number of anilines is 1.